The summed E-state index contributed by atoms with van der Waals surface area (Å²) < 4.78 is 22.6. The zero-order valence-corrected chi connectivity index (χ0v) is 11.6. The van der Waals surface area contributed by atoms with Crippen LogP contribution >= 0.6 is 0 Å². The molecule has 1 aliphatic heterocycles. The van der Waals surface area contributed by atoms with Gasteiger partial charge in [0.1, 0.15) is 15.6 Å². The molecule has 0 atom stereocenters. The number of likely N-dealkylation sites (tertiary alicyclic amines) is 1. The van der Waals surface area contributed by atoms with Crippen molar-refractivity contribution in [3.05, 3.63) is 0 Å². The second-order valence-electron chi connectivity index (χ2n) is 4.82. The summed E-state index contributed by atoms with van der Waals surface area (Å²) in [7, 11) is -2.83. The predicted molar refractivity (Wildman–Crippen MR) is 68.8 cm³/mol. The van der Waals surface area contributed by atoms with Gasteiger partial charge in [-0.25, -0.2) is 8.42 Å². The van der Waals surface area contributed by atoms with E-state index in [2.05, 4.69) is 4.90 Å². The minimum Gasteiger partial charge on any atom is -0.303 e. The van der Waals surface area contributed by atoms with Crippen LogP contribution in [0.25, 0.3) is 0 Å². The highest BCUT2D eigenvalue weighted by Gasteiger charge is 2.22. The molecule has 0 spiro atoms. The van der Waals surface area contributed by atoms with E-state index in [1.165, 1.54) is 0 Å². The van der Waals surface area contributed by atoms with Gasteiger partial charge in [0.25, 0.3) is 0 Å². The van der Waals surface area contributed by atoms with Crippen LogP contribution in [0.15, 0.2) is 0 Å². The largest absolute Gasteiger partial charge is 0.303 e. The standard InChI is InChI=1S/C12H23NO3S/c1-3-17(15,16)10-4-7-13-8-5-12(6-9-13)11(2)14/h12H,3-10H2,1-2H3. The molecule has 100 valence electrons. The Bertz CT molecular complexity index is 343. The smallest absolute Gasteiger partial charge is 0.150 e. The first-order valence-corrected chi connectivity index (χ1v) is 8.20. The Labute approximate surface area is 104 Å². The normalized spacial score (nSPS) is 19.4. The minimum atomic E-state index is -2.83. The lowest BCUT2D eigenvalue weighted by molar-refractivity contribution is -0.122. The third-order valence-electron chi connectivity index (χ3n) is 3.53. The highest BCUT2D eigenvalue weighted by molar-refractivity contribution is 7.91. The van der Waals surface area contributed by atoms with Gasteiger partial charge in [-0.3, -0.25) is 4.79 Å². The van der Waals surface area contributed by atoms with E-state index in [9.17, 15) is 13.2 Å². The molecule has 0 radical (unpaired) electrons. The van der Waals surface area contributed by atoms with E-state index < -0.39 is 9.84 Å². The fourth-order valence-electron chi connectivity index (χ4n) is 2.22. The lowest BCUT2D eigenvalue weighted by atomic mass is 9.93. The molecule has 0 amide bonds. The van der Waals surface area contributed by atoms with Crippen LogP contribution in [0.5, 0.6) is 0 Å². The molecule has 5 heteroatoms. The number of sulfone groups is 1. The summed E-state index contributed by atoms with van der Waals surface area (Å²) >= 11 is 0. The summed E-state index contributed by atoms with van der Waals surface area (Å²) in [5.74, 6) is 1.04. The van der Waals surface area contributed by atoms with E-state index in [0.717, 1.165) is 32.5 Å². The van der Waals surface area contributed by atoms with E-state index in [1.54, 1.807) is 13.8 Å². The van der Waals surface area contributed by atoms with Crippen LogP contribution in [-0.4, -0.2) is 50.2 Å². The predicted octanol–water partition coefficient (Wildman–Crippen LogP) is 1.11. The van der Waals surface area contributed by atoms with Crippen LogP contribution in [0.4, 0.5) is 0 Å². The molecule has 0 aliphatic carbocycles. The highest BCUT2D eigenvalue weighted by atomic mass is 32.2. The SMILES string of the molecule is CCS(=O)(=O)CCCN1CCC(C(C)=O)CC1. The first-order valence-electron chi connectivity index (χ1n) is 6.38. The first kappa shape index (κ1) is 14.6. The number of rotatable bonds is 6. The Hall–Kier alpha value is -0.420. The van der Waals surface area contributed by atoms with Gasteiger partial charge in [-0.2, -0.15) is 0 Å². The molecule has 1 aliphatic rings. The minimum absolute atomic E-state index is 0.227. The van der Waals surface area contributed by atoms with Crippen LogP contribution in [0.2, 0.25) is 0 Å². The average molecular weight is 261 g/mol. The van der Waals surface area contributed by atoms with E-state index in [4.69, 9.17) is 0 Å². The van der Waals surface area contributed by atoms with Crippen LogP contribution in [0.3, 0.4) is 0 Å². The maximum Gasteiger partial charge on any atom is 0.150 e. The van der Waals surface area contributed by atoms with E-state index in [0.29, 0.717) is 12.2 Å². The summed E-state index contributed by atoms with van der Waals surface area (Å²) in [6.45, 7) is 6.04. The summed E-state index contributed by atoms with van der Waals surface area (Å²) in [4.78, 5) is 13.5. The van der Waals surface area contributed by atoms with Crippen molar-refractivity contribution in [2.24, 2.45) is 5.92 Å². The van der Waals surface area contributed by atoms with Crippen molar-refractivity contribution >= 4 is 15.6 Å². The molecule has 0 aromatic heterocycles. The van der Waals surface area contributed by atoms with Gasteiger partial charge >= 0.3 is 0 Å². The first-order chi connectivity index (χ1) is 7.94. The summed E-state index contributed by atoms with van der Waals surface area (Å²) in [5, 5.41) is 0. The number of carbonyl (C=O) groups is 1. The second-order valence-corrected chi connectivity index (χ2v) is 7.29. The molecule has 1 rings (SSSR count). The van der Waals surface area contributed by atoms with Crippen LogP contribution < -0.4 is 0 Å². The number of ketones is 1. The molecule has 4 nitrogen and oxygen atoms in total. The Morgan fingerprint density at radius 3 is 2.35 bits per heavy atom. The molecule has 0 aromatic rings. The average Bonchev–Trinajstić information content (AvgIpc) is 2.29. The summed E-state index contributed by atoms with van der Waals surface area (Å²) in [6, 6.07) is 0. The van der Waals surface area contributed by atoms with E-state index in [-0.39, 0.29) is 17.4 Å². The molecule has 0 saturated carbocycles. The lowest BCUT2D eigenvalue weighted by Crippen LogP contribution is -2.36. The van der Waals surface area contributed by atoms with Crippen molar-refractivity contribution < 1.29 is 13.2 Å². The van der Waals surface area contributed by atoms with Crippen LogP contribution in [0.1, 0.15) is 33.1 Å². The maximum absolute atomic E-state index is 11.3. The monoisotopic (exact) mass is 261 g/mol. The molecule has 1 heterocycles. The van der Waals surface area contributed by atoms with Crippen molar-refractivity contribution in [1.29, 1.82) is 0 Å². The highest BCUT2D eigenvalue weighted by Crippen LogP contribution is 2.17. The van der Waals surface area contributed by atoms with Gasteiger partial charge in [0, 0.05) is 11.7 Å². The Kier molecular flexibility index (Phi) is 5.59. The van der Waals surface area contributed by atoms with Gasteiger partial charge in [0.2, 0.25) is 0 Å². The number of piperidine rings is 1. The molecule has 0 aromatic carbocycles. The van der Waals surface area contributed by atoms with Crippen molar-refractivity contribution in [2.45, 2.75) is 33.1 Å². The van der Waals surface area contributed by atoms with Gasteiger partial charge in [0.15, 0.2) is 0 Å². The van der Waals surface area contributed by atoms with Crippen molar-refractivity contribution in [3.8, 4) is 0 Å². The fourth-order valence-corrected chi connectivity index (χ4v) is 3.07. The number of hydrogen-bond acceptors (Lipinski definition) is 4. The Morgan fingerprint density at radius 2 is 1.88 bits per heavy atom. The topological polar surface area (TPSA) is 54.5 Å². The number of Topliss-reactive ketones (excluding diaryl/α,β-unsaturated/α-hetero) is 1. The lowest BCUT2D eigenvalue weighted by Gasteiger charge is -2.30. The van der Waals surface area contributed by atoms with Crippen molar-refractivity contribution in [1.82, 2.24) is 4.90 Å². The molecule has 1 fully saturated rings. The van der Waals surface area contributed by atoms with Gasteiger partial charge in [-0.05, 0) is 45.8 Å². The number of carbonyl (C=O) groups excluding carboxylic acids is 1. The molecule has 17 heavy (non-hydrogen) atoms. The summed E-state index contributed by atoms with van der Waals surface area (Å²) in [6.07, 6.45) is 2.56. The molecule has 1 saturated heterocycles. The number of nitrogens with zero attached hydrogens (tertiary/aromatic N) is 1. The Morgan fingerprint density at radius 1 is 1.29 bits per heavy atom. The van der Waals surface area contributed by atoms with Gasteiger partial charge in [0.05, 0.1) is 5.75 Å². The molecule has 0 N–H and O–H groups in total. The van der Waals surface area contributed by atoms with Gasteiger partial charge < -0.3 is 4.90 Å². The third kappa shape index (κ3) is 5.17. The quantitative estimate of drug-likeness (QED) is 0.719. The zero-order chi connectivity index (χ0) is 12.9. The van der Waals surface area contributed by atoms with E-state index in [1.807, 2.05) is 0 Å². The maximum atomic E-state index is 11.3. The van der Waals surface area contributed by atoms with Crippen molar-refractivity contribution in [3.63, 3.8) is 0 Å². The van der Waals surface area contributed by atoms with Crippen LogP contribution in [-0.2, 0) is 14.6 Å². The molecular formula is C12H23NO3S. The third-order valence-corrected chi connectivity index (χ3v) is 5.32. The van der Waals surface area contributed by atoms with Gasteiger partial charge in [-0.15, -0.1) is 0 Å². The second kappa shape index (κ2) is 6.50. The zero-order valence-electron chi connectivity index (χ0n) is 10.8. The van der Waals surface area contributed by atoms with Crippen molar-refractivity contribution in [2.75, 3.05) is 31.1 Å². The Balaban J connectivity index is 2.21. The number of hydrogen-bond donors (Lipinski definition) is 0. The molecular weight excluding hydrogens is 238 g/mol. The fraction of sp³-hybridized carbons (Fsp3) is 0.917. The molecule has 0 bridgehead atoms. The van der Waals surface area contributed by atoms with Gasteiger partial charge in [-0.1, -0.05) is 6.92 Å². The summed E-state index contributed by atoms with van der Waals surface area (Å²) in [5.41, 5.74) is 0. The molecule has 0 unspecified atom stereocenters. The van der Waals surface area contributed by atoms with Crippen LogP contribution in [0, 0.1) is 5.92 Å². The van der Waals surface area contributed by atoms with E-state index >= 15 is 0 Å².